The zero-order chi connectivity index (χ0) is 16.5. The van der Waals surface area contributed by atoms with Gasteiger partial charge in [-0.25, -0.2) is 4.98 Å². The van der Waals surface area contributed by atoms with Gasteiger partial charge in [0.15, 0.2) is 0 Å². The summed E-state index contributed by atoms with van der Waals surface area (Å²) in [6.07, 6.45) is 0.509. The van der Waals surface area contributed by atoms with Crippen LogP contribution < -0.4 is 4.90 Å². The summed E-state index contributed by atoms with van der Waals surface area (Å²) in [5.41, 5.74) is 2.05. The molecule has 0 fully saturated rings. The topological polar surface area (TPSA) is 38.1 Å². The van der Waals surface area contributed by atoms with Gasteiger partial charge in [0.25, 0.3) is 0 Å². The van der Waals surface area contributed by atoms with Crippen molar-refractivity contribution >= 4 is 50.6 Å². The second kappa shape index (κ2) is 6.61. The van der Waals surface area contributed by atoms with E-state index in [-0.39, 0.29) is 5.91 Å². The molecule has 24 heavy (non-hydrogen) atoms. The van der Waals surface area contributed by atoms with E-state index in [1.165, 1.54) is 4.90 Å². The second-order valence-corrected chi connectivity index (χ2v) is 7.62. The van der Waals surface area contributed by atoms with Crippen molar-refractivity contribution in [3.8, 4) is 0 Å². The van der Waals surface area contributed by atoms with Crippen LogP contribution >= 0.6 is 27.7 Å². The molecule has 1 aromatic heterocycles. The summed E-state index contributed by atoms with van der Waals surface area (Å²) in [4.78, 5) is 20.2. The third-order valence-electron chi connectivity index (χ3n) is 4.13. The number of thioether (sulfide) groups is 1. The first-order valence-electron chi connectivity index (χ1n) is 7.87. The number of rotatable bonds is 4. The molecule has 0 radical (unpaired) electrons. The fourth-order valence-corrected chi connectivity index (χ4v) is 4.48. The van der Waals surface area contributed by atoms with E-state index in [2.05, 4.69) is 37.6 Å². The molecule has 0 N–H and O–H groups in total. The van der Waals surface area contributed by atoms with Crippen LogP contribution in [0.15, 0.2) is 57.9 Å². The Hall–Kier alpha value is -1.79. The maximum Gasteiger partial charge on any atom is 0.230 e. The molecule has 1 aliphatic heterocycles. The molecule has 3 aromatic rings. The molecule has 2 heterocycles. The Morgan fingerprint density at radius 1 is 1.12 bits per heavy atom. The number of amides is 1. The third-order valence-corrected chi connectivity index (χ3v) is 6.16. The number of hydrogen-bond donors (Lipinski definition) is 0. The number of imidazole rings is 1. The Bertz CT molecular complexity index is 908. The lowest BCUT2D eigenvalue weighted by molar-refractivity contribution is -0.118. The minimum absolute atomic E-state index is 0.142. The SMILES string of the molecule is O=C(CCSc1ccccc1Br)N1CCn2c1nc1ccccc12. The van der Waals surface area contributed by atoms with Crippen LogP contribution in [0.2, 0.25) is 0 Å². The van der Waals surface area contributed by atoms with Gasteiger partial charge in [-0.2, -0.15) is 0 Å². The Balaban J connectivity index is 1.44. The van der Waals surface area contributed by atoms with Gasteiger partial charge in [-0.3, -0.25) is 9.69 Å². The van der Waals surface area contributed by atoms with E-state index in [9.17, 15) is 4.79 Å². The predicted molar refractivity (Wildman–Crippen MR) is 102 cm³/mol. The van der Waals surface area contributed by atoms with E-state index in [1.807, 2.05) is 41.3 Å². The summed E-state index contributed by atoms with van der Waals surface area (Å²) in [6, 6.07) is 16.1. The predicted octanol–water partition coefficient (Wildman–Crippen LogP) is 4.33. The fraction of sp³-hybridized carbons (Fsp3) is 0.222. The molecule has 1 amide bonds. The van der Waals surface area contributed by atoms with Crippen LogP contribution in [0.4, 0.5) is 5.95 Å². The molecule has 4 nitrogen and oxygen atoms in total. The molecule has 1 aliphatic rings. The lowest BCUT2D eigenvalue weighted by Crippen LogP contribution is -2.29. The van der Waals surface area contributed by atoms with Crippen molar-refractivity contribution < 1.29 is 4.79 Å². The number of para-hydroxylation sites is 2. The summed E-state index contributed by atoms with van der Waals surface area (Å²) in [7, 11) is 0. The third kappa shape index (κ3) is 2.84. The maximum absolute atomic E-state index is 12.6. The summed E-state index contributed by atoms with van der Waals surface area (Å²) in [5, 5.41) is 0. The molecule has 0 saturated heterocycles. The van der Waals surface area contributed by atoms with Gasteiger partial charge in [0.2, 0.25) is 11.9 Å². The highest BCUT2D eigenvalue weighted by Gasteiger charge is 2.27. The molecule has 122 valence electrons. The van der Waals surface area contributed by atoms with E-state index in [0.29, 0.717) is 13.0 Å². The Morgan fingerprint density at radius 3 is 2.79 bits per heavy atom. The van der Waals surface area contributed by atoms with Crippen molar-refractivity contribution in [2.75, 3.05) is 17.2 Å². The van der Waals surface area contributed by atoms with Gasteiger partial charge >= 0.3 is 0 Å². The van der Waals surface area contributed by atoms with Gasteiger partial charge in [-0.15, -0.1) is 11.8 Å². The Kier molecular flexibility index (Phi) is 4.33. The van der Waals surface area contributed by atoms with E-state index in [4.69, 9.17) is 0 Å². The highest BCUT2D eigenvalue weighted by molar-refractivity contribution is 9.10. The van der Waals surface area contributed by atoms with Crippen molar-refractivity contribution in [3.63, 3.8) is 0 Å². The molecule has 0 saturated carbocycles. The van der Waals surface area contributed by atoms with Crippen LogP contribution in [0.5, 0.6) is 0 Å². The monoisotopic (exact) mass is 401 g/mol. The van der Waals surface area contributed by atoms with Crippen molar-refractivity contribution in [1.82, 2.24) is 9.55 Å². The normalized spacial score (nSPS) is 13.5. The largest absolute Gasteiger partial charge is 0.308 e. The van der Waals surface area contributed by atoms with Crippen LogP contribution in [0.1, 0.15) is 6.42 Å². The van der Waals surface area contributed by atoms with Crippen molar-refractivity contribution in [3.05, 3.63) is 53.0 Å². The number of carbonyl (C=O) groups is 1. The first-order chi connectivity index (χ1) is 11.7. The van der Waals surface area contributed by atoms with E-state index in [0.717, 1.165) is 33.8 Å². The number of benzene rings is 2. The molecule has 2 aromatic carbocycles. The van der Waals surface area contributed by atoms with E-state index >= 15 is 0 Å². The highest BCUT2D eigenvalue weighted by Crippen LogP contribution is 2.30. The fourth-order valence-electron chi connectivity index (χ4n) is 2.97. The summed E-state index contributed by atoms with van der Waals surface area (Å²) in [5.74, 6) is 1.69. The molecule has 0 spiro atoms. The minimum atomic E-state index is 0.142. The van der Waals surface area contributed by atoms with E-state index < -0.39 is 0 Å². The van der Waals surface area contributed by atoms with Gasteiger partial charge in [-0.05, 0) is 40.2 Å². The van der Waals surface area contributed by atoms with Crippen LogP contribution in [0, 0.1) is 0 Å². The summed E-state index contributed by atoms with van der Waals surface area (Å²) >= 11 is 5.24. The van der Waals surface area contributed by atoms with Gasteiger partial charge in [0.1, 0.15) is 0 Å². The number of fused-ring (bicyclic) bond motifs is 3. The molecule has 0 bridgehead atoms. The van der Waals surface area contributed by atoms with Crippen molar-refractivity contribution in [2.24, 2.45) is 0 Å². The minimum Gasteiger partial charge on any atom is -0.308 e. The van der Waals surface area contributed by atoms with Crippen molar-refractivity contribution in [2.45, 2.75) is 17.9 Å². The smallest absolute Gasteiger partial charge is 0.230 e. The number of nitrogens with zero attached hydrogens (tertiary/aromatic N) is 3. The first kappa shape index (κ1) is 15.7. The number of anilines is 1. The zero-order valence-electron chi connectivity index (χ0n) is 13.0. The number of hydrogen-bond acceptors (Lipinski definition) is 3. The number of aromatic nitrogens is 2. The highest BCUT2D eigenvalue weighted by atomic mass is 79.9. The van der Waals surface area contributed by atoms with Gasteiger partial charge in [0.05, 0.1) is 11.0 Å². The standard InChI is InChI=1S/C18H16BrN3OS/c19-13-5-1-4-8-16(13)24-12-9-17(23)22-11-10-21-15-7-3-2-6-14(15)20-18(21)22/h1-8H,9-12H2. The van der Waals surface area contributed by atoms with Crippen LogP contribution in [0.25, 0.3) is 11.0 Å². The van der Waals surface area contributed by atoms with Crippen LogP contribution in [-0.2, 0) is 11.3 Å². The summed E-state index contributed by atoms with van der Waals surface area (Å²) < 4.78 is 3.21. The number of carbonyl (C=O) groups excluding carboxylic acids is 1. The molecule has 0 aliphatic carbocycles. The summed E-state index contributed by atoms with van der Waals surface area (Å²) in [6.45, 7) is 1.53. The van der Waals surface area contributed by atoms with Gasteiger partial charge < -0.3 is 4.57 Å². The molecule has 6 heteroatoms. The molecule has 0 atom stereocenters. The van der Waals surface area contributed by atoms with Gasteiger partial charge in [0, 0.05) is 34.6 Å². The van der Waals surface area contributed by atoms with E-state index in [1.54, 1.807) is 11.8 Å². The molecule has 4 rings (SSSR count). The van der Waals surface area contributed by atoms with Gasteiger partial charge in [-0.1, -0.05) is 24.3 Å². The lowest BCUT2D eigenvalue weighted by atomic mass is 10.3. The quantitative estimate of drug-likeness (QED) is 0.610. The zero-order valence-corrected chi connectivity index (χ0v) is 15.4. The molecular weight excluding hydrogens is 386 g/mol. The lowest BCUT2D eigenvalue weighted by Gasteiger charge is -2.13. The average Bonchev–Trinajstić information content (AvgIpc) is 3.15. The number of halogens is 1. The first-order valence-corrected chi connectivity index (χ1v) is 9.65. The Labute approximate surface area is 153 Å². The van der Waals surface area contributed by atoms with Crippen LogP contribution in [0.3, 0.4) is 0 Å². The second-order valence-electron chi connectivity index (χ2n) is 5.63. The van der Waals surface area contributed by atoms with Crippen LogP contribution in [-0.4, -0.2) is 27.8 Å². The molecule has 0 unspecified atom stereocenters. The average molecular weight is 402 g/mol. The maximum atomic E-state index is 12.6. The van der Waals surface area contributed by atoms with Crippen molar-refractivity contribution in [1.29, 1.82) is 0 Å². The Morgan fingerprint density at radius 2 is 1.92 bits per heavy atom. The molecular formula is C18H16BrN3OS.